The second kappa shape index (κ2) is 6.31. The largest absolute Gasteiger partial charge is 0.481 e. The highest BCUT2D eigenvalue weighted by Crippen LogP contribution is 2.22. The number of rotatable bonds is 4. The first-order chi connectivity index (χ1) is 9.16. The Kier molecular flexibility index (Phi) is 4.49. The van der Waals surface area contributed by atoms with Gasteiger partial charge in [0.1, 0.15) is 5.69 Å². The predicted octanol–water partition coefficient (Wildman–Crippen LogP) is 1.80. The van der Waals surface area contributed by atoms with E-state index in [9.17, 15) is 9.59 Å². The molecule has 1 amide bonds. The van der Waals surface area contributed by atoms with Crippen LogP contribution in [-0.4, -0.2) is 40.0 Å². The van der Waals surface area contributed by atoms with Gasteiger partial charge in [-0.3, -0.25) is 14.6 Å². The van der Waals surface area contributed by atoms with Crippen LogP contribution < -0.4 is 0 Å². The second-order valence-corrected chi connectivity index (χ2v) is 4.88. The van der Waals surface area contributed by atoms with E-state index < -0.39 is 5.97 Å². The average molecular weight is 262 g/mol. The van der Waals surface area contributed by atoms with E-state index in [1.54, 1.807) is 29.3 Å². The molecule has 0 aromatic carbocycles. The van der Waals surface area contributed by atoms with Crippen molar-refractivity contribution in [2.75, 3.05) is 13.1 Å². The fourth-order valence-corrected chi connectivity index (χ4v) is 2.40. The van der Waals surface area contributed by atoms with Crippen LogP contribution in [0.4, 0.5) is 0 Å². The van der Waals surface area contributed by atoms with Crippen LogP contribution in [0, 0.1) is 5.92 Å². The van der Waals surface area contributed by atoms with Gasteiger partial charge in [-0.15, -0.1) is 0 Å². The molecule has 0 unspecified atom stereocenters. The van der Waals surface area contributed by atoms with Gasteiger partial charge in [0.15, 0.2) is 0 Å². The lowest BCUT2D eigenvalue weighted by molar-refractivity contribution is -0.137. The Bertz CT molecular complexity index is 439. The summed E-state index contributed by atoms with van der Waals surface area (Å²) in [6, 6.07) is 5.31. The molecular weight excluding hydrogens is 244 g/mol. The summed E-state index contributed by atoms with van der Waals surface area (Å²) < 4.78 is 0. The number of hydrogen-bond acceptors (Lipinski definition) is 3. The molecule has 102 valence electrons. The number of aromatic nitrogens is 1. The molecular formula is C14H18N2O3. The molecule has 2 heterocycles. The number of hydrogen-bond donors (Lipinski definition) is 1. The number of aliphatic carboxylic acids is 1. The van der Waals surface area contributed by atoms with Crippen molar-refractivity contribution in [2.45, 2.75) is 25.7 Å². The molecule has 0 aliphatic carbocycles. The summed E-state index contributed by atoms with van der Waals surface area (Å²) in [6.45, 7) is 1.39. The average Bonchev–Trinajstić information content (AvgIpc) is 2.46. The van der Waals surface area contributed by atoms with Crippen LogP contribution in [0.1, 0.15) is 36.2 Å². The van der Waals surface area contributed by atoms with Gasteiger partial charge in [0, 0.05) is 25.7 Å². The lowest BCUT2D eigenvalue weighted by Crippen LogP contribution is -2.38. The number of carbonyl (C=O) groups excluding carboxylic acids is 1. The smallest absolute Gasteiger partial charge is 0.303 e. The fourth-order valence-electron chi connectivity index (χ4n) is 2.40. The summed E-state index contributed by atoms with van der Waals surface area (Å²) in [7, 11) is 0. The molecule has 1 fully saturated rings. The van der Waals surface area contributed by atoms with Crippen molar-refractivity contribution >= 4 is 11.9 Å². The molecule has 1 aliphatic heterocycles. The van der Waals surface area contributed by atoms with Gasteiger partial charge in [-0.05, 0) is 37.3 Å². The van der Waals surface area contributed by atoms with Gasteiger partial charge in [0.2, 0.25) is 0 Å². The Labute approximate surface area is 112 Å². The van der Waals surface area contributed by atoms with Crippen LogP contribution in [0.5, 0.6) is 0 Å². The number of pyridine rings is 1. The van der Waals surface area contributed by atoms with Gasteiger partial charge in [0.05, 0.1) is 0 Å². The molecule has 0 spiro atoms. The third kappa shape index (κ3) is 3.77. The van der Waals surface area contributed by atoms with E-state index in [1.807, 2.05) is 0 Å². The summed E-state index contributed by atoms with van der Waals surface area (Å²) in [4.78, 5) is 28.5. The molecule has 0 atom stereocenters. The van der Waals surface area contributed by atoms with Gasteiger partial charge in [-0.1, -0.05) is 6.07 Å². The maximum Gasteiger partial charge on any atom is 0.303 e. The number of amides is 1. The molecule has 1 aromatic heterocycles. The van der Waals surface area contributed by atoms with Crippen molar-refractivity contribution in [3.8, 4) is 0 Å². The number of carboxylic acids is 1. The number of nitrogens with zero attached hydrogens (tertiary/aromatic N) is 2. The molecule has 0 saturated carbocycles. The van der Waals surface area contributed by atoms with Crippen LogP contribution in [-0.2, 0) is 4.79 Å². The van der Waals surface area contributed by atoms with E-state index in [4.69, 9.17) is 5.11 Å². The Morgan fingerprint density at radius 1 is 1.32 bits per heavy atom. The van der Waals surface area contributed by atoms with Crippen molar-refractivity contribution in [1.29, 1.82) is 0 Å². The van der Waals surface area contributed by atoms with Crippen molar-refractivity contribution in [3.05, 3.63) is 30.1 Å². The number of piperidine rings is 1. The quantitative estimate of drug-likeness (QED) is 0.898. The van der Waals surface area contributed by atoms with Gasteiger partial charge in [-0.2, -0.15) is 0 Å². The van der Waals surface area contributed by atoms with Crippen LogP contribution in [0.3, 0.4) is 0 Å². The van der Waals surface area contributed by atoms with Crippen molar-refractivity contribution in [3.63, 3.8) is 0 Å². The first kappa shape index (κ1) is 13.5. The van der Waals surface area contributed by atoms with Crippen LogP contribution >= 0.6 is 0 Å². The monoisotopic (exact) mass is 262 g/mol. The van der Waals surface area contributed by atoms with Gasteiger partial charge < -0.3 is 10.0 Å². The SMILES string of the molecule is O=C(O)CCC1CCN(C(=O)c2ccccn2)CC1. The van der Waals surface area contributed by atoms with E-state index in [0.717, 1.165) is 12.8 Å². The normalized spacial score (nSPS) is 16.3. The summed E-state index contributed by atoms with van der Waals surface area (Å²) in [5, 5.41) is 8.66. The van der Waals surface area contributed by atoms with Gasteiger partial charge >= 0.3 is 5.97 Å². The number of carboxylic acid groups (broad SMARTS) is 1. The van der Waals surface area contributed by atoms with Crippen molar-refractivity contribution < 1.29 is 14.7 Å². The second-order valence-electron chi connectivity index (χ2n) is 4.88. The first-order valence-corrected chi connectivity index (χ1v) is 6.59. The zero-order chi connectivity index (χ0) is 13.7. The molecule has 1 aliphatic rings. The minimum atomic E-state index is -0.744. The zero-order valence-electron chi connectivity index (χ0n) is 10.8. The Hall–Kier alpha value is -1.91. The highest BCUT2D eigenvalue weighted by Gasteiger charge is 2.24. The minimum absolute atomic E-state index is 0.0303. The molecule has 1 N–H and O–H groups in total. The topological polar surface area (TPSA) is 70.5 Å². The first-order valence-electron chi connectivity index (χ1n) is 6.59. The van der Waals surface area contributed by atoms with Crippen molar-refractivity contribution in [1.82, 2.24) is 9.88 Å². The number of likely N-dealkylation sites (tertiary alicyclic amines) is 1. The van der Waals surface area contributed by atoms with Crippen molar-refractivity contribution in [2.24, 2.45) is 5.92 Å². The maximum atomic E-state index is 12.1. The van der Waals surface area contributed by atoms with Crippen LogP contribution in [0.2, 0.25) is 0 Å². The molecule has 0 bridgehead atoms. The molecule has 2 rings (SSSR count). The van der Waals surface area contributed by atoms with E-state index >= 15 is 0 Å². The Morgan fingerprint density at radius 3 is 2.63 bits per heavy atom. The maximum absolute atomic E-state index is 12.1. The van der Waals surface area contributed by atoms with E-state index in [0.29, 0.717) is 31.1 Å². The molecule has 0 radical (unpaired) electrons. The predicted molar refractivity (Wildman–Crippen MR) is 69.7 cm³/mol. The Balaban J connectivity index is 1.83. The van der Waals surface area contributed by atoms with E-state index in [2.05, 4.69) is 4.98 Å². The zero-order valence-corrected chi connectivity index (χ0v) is 10.8. The van der Waals surface area contributed by atoms with Crippen LogP contribution in [0.25, 0.3) is 0 Å². The summed E-state index contributed by atoms with van der Waals surface area (Å²) in [5.74, 6) is -0.354. The fraction of sp³-hybridized carbons (Fsp3) is 0.500. The van der Waals surface area contributed by atoms with Gasteiger partial charge in [0.25, 0.3) is 5.91 Å². The minimum Gasteiger partial charge on any atom is -0.481 e. The highest BCUT2D eigenvalue weighted by molar-refractivity contribution is 5.92. The molecule has 1 saturated heterocycles. The van der Waals surface area contributed by atoms with E-state index in [1.165, 1.54) is 0 Å². The highest BCUT2D eigenvalue weighted by atomic mass is 16.4. The molecule has 5 heteroatoms. The number of carbonyl (C=O) groups is 2. The lowest BCUT2D eigenvalue weighted by atomic mass is 9.92. The Morgan fingerprint density at radius 2 is 2.05 bits per heavy atom. The molecule has 5 nitrogen and oxygen atoms in total. The molecule has 1 aromatic rings. The standard InChI is InChI=1S/C14H18N2O3/c17-13(18)5-4-11-6-9-16(10-7-11)14(19)12-3-1-2-8-15-12/h1-3,8,11H,4-7,9-10H2,(H,17,18). The summed E-state index contributed by atoms with van der Waals surface area (Å²) in [6.07, 6.45) is 4.31. The lowest BCUT2D eigenvalue weighted by Gasteiger charge is -2.31. The van der Waals surface area contributed by atoms with Crippen LogP contribution in [0.15, 0.2) is 24.4 Å². The summed E-state index contributed by atoms with van der Waals surface area (Å²) >= 11 is 0. The molecule has 19 heavy (non-hydrogen) atoms. The summed E-state index contributed by atoms with van der Waals surface area (Å²) in [5.41, 5.74) is 0.478. The van der Waals surface area contributed by atoms with E-state index in [-0.39, 0.29) is 12.3 Å². The third-order valence-corrected chi connectivity index (χ3v) is 3.55. The van der Waals surface area contributed by atoms with Gasteiger partial charge in [-0.25, -0.2) is 0 Å². The third-order valence-electron chi connectivity index (χ3n) is 3.55.